The molecule has 1 N–H and O–H groups in total. The fourth-order valence-electron chi connectivity index (χ4n) is 2.66. The number of carbonyl (C=O) groups excluding carboxylic acids is 1. The maximum Gasteiger partial charge on any atom is 0.240 e. The van der Waals surface area contributed by atoms with Crippen LogP contribution < -0.4 is 10.2 Å². The van der Waals surface area contributed by atoms with Crippen LogP contribution in [-0.2, 0) is 11.2 Å². The fraction of sp³-hybridized carbons (Fsp3) is 0.529. The zero-order valence-electron chi connectivity index (χ0n) is 13.1. The Hall–Kier alpha value is -1.84. The summed E-state index contributed by atoms with van der Waals surface area (Å²) in [5, 5.41) is 4.36. The third kappa shape index (κ3) is 4.06. The summed E-state index contributed by atoms with van der Waals surface area (Å²) in [6.45, 7) is 4.28. The Morgan fingerprint density at radius 1 is 1.43 bits per heavy atom. The highest BCUT2D eigenvalue weighted by molar-refractivity contribution is 6.03. The summed E-state index contributed by atoms with van der Waals surface area (Å²) < 4.78 is 5.28. The number of nitrogens with one attached hydrogen (secondary N) is 1. The third-order valence-electron chi connectivity index (χ3n) is 3.81. The normalized spacial score (nSPS) is 19.2. The molecule has 0 bridgehead atoms. The Labute approximate surface area is 126 Å². The highest BCUT2D eigenvalue weighted by atomic mass is 16.5. The van der Waals surface area contributed by atoms with Crippen LogP contribution in [0.15, 0.2) is 23.3 Å². The number of hydrazone groups is 1. The van der Waals surface area contributed by atoms with E-state index in [-0.39, 0.29) is 5.91 Å². The predicted octanol–water partition coefficient (Wildman–Crippen LogP) is 3.29. The lowest BCUT2D eigenvalue weighted by Crippen LogP contribution is -2.24. The van der Waals surface area contributed by atoms with Gasteiger partial charge in [0.15, 0.2) is 0 Å². The average Bonchev–Trinajstić information content (AvgIpc) is 2.49. The lowest BCUT2D eigenvalue weighted by Gasteiger charge is -2.23. The monoisotopic (exact) mass is 288 g/mol. The van der Waals surface area contributed by atoms with Crippen molar-refractivity contribution in [3.05, 3.63) is 29.3 Å². The Morgan fingerprint density at radius 2 is 2.24 bits per heavy atom. The molecule has 1 unspecified atom stereocenters. The first-order valence-corrected chi connectivity index (χ1v) is 7.66. The molecule has 1 aromatic carbocycles. The van der Waals surface area contributed by atoms with Crippen molar-refractivity contribution < 1.29 is 9.53 Å². The van der Waals surface area contributed by atoms with E-state index < -0.39 is 0 Å². The van der Waals surface area contributed by atoms with Crippen molar-refractivity contribution >= 4 is 11.6 Å². The second-order valence-electron chi connectivity index (χ2n) is 5.73. The van der Waals surface area contributed by atoms with Gasteiger partial charge in [-0.1, -0.05) is 20.3 Å². The van der Waals surface area contributed by atoms with E-state index in [4.69, 9.17) is 4.74 Å². The number of fused-ring (bicyclic) bond motifs is 1. The molecular formula is C17H24N2O2. The van der Waals surface area contributed by atoms with Crippen LogP contribution in [0.1, 0.15) is 50.7 Å². The van der Waals surface area contributed by atoms with Crippen molar-refractivity contribution in [2.24, 2.45) is 11.0 Å². The minimum Gasteiger partial charge on any atom is -0.497 e. The van der Waals surface area contributed by atoms with E-state index in [1.807, 2.05) is 12.1 Å². The number of hydrogen-bond donors (Lipinski definition) is 1. The lowest BCUT2D eigenvalue weighted by molar-refractivity contribution is -0.121. The maximum atomic E-state index is 11.7. The predicted molar refractivity (Wildman–Crippen MR) is 84.7 cm³/mol. The smallest absolute Gasteiger partial charge is 0.240 e. The molecule has 0 spiro atoms. The van der Waals surface area contributed by atoms with E-state index in [0.717, 1.165) is 42.7 Å². The Balaban J connectivity index is 2.16. The molecule has 0 saturated heterocycles. The highest BCUT2D eigenvalue weighted by Crippen LogP contribution is 2.28. The Bertz CT molecular complexity index is 538. The number of nitrogens with zero attached hydrogens (tertiary/aromatic N) is 1. The van der Waals surface area contributed by atoms with Crippen molar-refractivity contribution in [1.29, 1.82) is 0 Å². The van der Waals surface area contributed by atoms with Crippen LogP contribution >= 0.6 is 0 Å². The molecule has 0 aliphatic heterocycles. The van der Waals surface area contributed by atoms with Crippen molar-refractivity contribution in [3.8, 4) is 5.75 Å². The van der Waals surface area contributed by atoms with Gasteiger partial charge in [0.25, 0.3) is 0 Å². The number of hydrogen-bond acceptors (Lipinski definition) is 3. The van der Waals surface area contributed by atoms with Crippen LogP contribution in [0.2, 0.25) is 0 Å². The summed E-state index contributed by atoms with van der Waals surface area (Å²) in [6, 6.07) is 6.06. The standard InChI is InChI=1S/C17H24N2O2/c1-4-5-6-17(20)19-18-16-10-12(2)9-13-11-14(21-3)7-8-15(13)16/h7-8,11-12H,4-6,9-10H2,1-3H3,(H,19,20). The number of rotatable bonds is 5. The van der Waals surface area contributed by atoms with Gasteiger partial charge in [0.05, 0.1) is 12.8 Å². The van der Waals surface area contributed by atoms with Gasteiger partial charge in [-0.2, -0.15) is 5.10 Å². The maximum absolute atomic E-state index is 11.7. The van der Waals surface area contributed by atoms with E-state index in [1.165, 1.54) is 5.56 Å². The summed E-state index contributed by atoms with van der Waals surface area (Å²) in [7, 11) is 1.68. The van der Waals surface area contributed by atoms with Crippen molar-refractivity contribution in [3.63, 3.8) is 0 Å². The van der Waals surface area contributed by atoms with E-state index in [1.54, 1.807) is 7.11 Å². The minimum atomic E-state index is -0.00219. The highest BCUT2D eigenvalue weighted by Gasteiger charge is 2.21. The van der Waals surface area contributed by atoms with Gasteiger partial charge < -0.3 is 4.74 Å². The van der Waals surface area contributed by atoms with Gasteiger partial charge in [0.2, 0.25) is 5.91 Å². The van der Waals surface area contributed by atoms with Gasteiger partial charge in [0.1, 0.15) is 5.75 Å². The third-order valence-corrected chi connectivity index (χ3v) is 3.81. The first kappa shape index (κ1) is 15.5. The number of carbonyl (C=O) groups is 1. The molecule has 114 valence electrons. The molecule has 21 heavy (non-hydrogen) atoms. The molecule has 0 saturated carbocycles. The summed E-state index contributed by atoms with van der Waals surface area (Å²) >= 11 is 0. The Morgan fingerprint density at radius 3 is 2.95 bits per heavy atom. The number of unbranched alkanes of at least 4 members (excludes halogenated alkanes) is 1. The summed E-state index contributed by atoms with van der Waals surface area (Å²) in [6.07, 6.45) is 4.38. The van der Waals surface area contributed by atoms with Gasteiger partial charge in [-0.15, -0.1) is 0 Å². The fourth-order valence-corrected chi connectivity index (χ4v) is 2.66. The molecular weight excluding hydrogens is 264 g/mol. The zero-order valence-corrected chi connectivity index (χ0v) is 13.1. The van der Waals surface area contributed by atoms with E-state index >= 15 is 0 Å². The quantitative estimate of drug-likeness (QED) is 0.845. The molecule has 1 amide bonds. The minimum absolute atomic E-state index is 0.00219. The van der Waals surface area contributed by atoms with E-state index in [0.29, 0.717) is 12.3 Å². The second-order valence-corrected chi connectivity index (χ2v) is 5.73. The van der Waals surface area contributed by atoms with Gasteiger partial charge in [-0.3, -0.25) is 4.79 Å². The van der Waals surface area contributed by atoms with Crippen LogP contribution in [0.5, 0.6) is 5.75 Å². The Kier molecular flexibility index (Phi) is 5.37. The molecule has 0 aromatic heterocycles. The number of ether oxygens (including phenoxy) is 1. The van der Waals surface area contributed by atoms with Gasteiger partial charge in [-0.05, 0) is 48.9 Å². The van der Waals surface area contributed by atoms with Crippen molar-refractivity contribution in [1.82, 2.24) is 5.43 Å². The lowest BCUT2D eigenvalue weighted by atomic mass is 9.83. The number of benzene rings is 1. The summed E-state index contributed by atoms with van der Waals surface area (Å²) in [4.78, 5) is 11.7. The molecule has 1 aromatic rings. The summed E-state index contributed by atoms with van der Waals surface area (Å²) in [5.41, 5.74) is 6.04. The van der Waals surface area contributed by atoms with Crippen molar-refractivity contribution in [2.75, 3.05) is 7.11 Å². The van der Waals surface area contributed by atoms with Crippen LogP contribution in [0, 0.1) is 5.92 Å². The first-order chi connectivity index (χ1) is 10.1. The van der Waals surface area contributed by atoms with Gasteiger partial charge in [0, 0.05) is 12.0 Å². The molecule has 2 rings (SSSR count). The van der Waals surface area contributed by atoms with Crippen LogP contribution in [0.3, 0.4) is 0 Å². The SMILES string of the molecule is CCCCC(=O)NN=C1CC(C)Cc2cc(OC)ccc21. The second kappa shape index (κ2) is 7.25. The molecule has 0 radical (unpaired) electrons. The molecule has 0 heterocycles. The van der Waals surface area contributed by atoms with E-state index in [2.05, 4.69) is 30.4 Å². The van der Waals surface area contributed by atoms with Gasteiger partial charge >= 0.3 is 0 Å². The number of methoxy groups -OCH3 is 1. The summed E-state index contributed by atoms with van der Waals surface area (Å²) in [5.74, 6) is 1.39. The largest absolute Gasteiger partial charge is 0.497 e. The van der Waals surface area contributed by atoms with E-state index in [9.17, 15) is 4.79 Å². The average molecular weight is 288 g/mol. The topological polar surface area (TPSA) is 50.7 Å². The molecule has 1 aliphatic carbocycles. The molecule has 0 fully saturated rings. The van der Waals surface area contributed by atoms with Crippen LogP contribution in [0.4, 0.5) is 0 Å². The molecule has 1 aliphatic rings. The van der Waals surface area contributed by atoms with Crippen LogP contribution in [-0.4, -0.2) is 18.7 Å². The van der Waals surface area contributed by atoms with Crippen LogP contribution in [0.25, 0.3) is 0 Å². The molecule has 1 atom stereocenters. The number of amides is 1. The van der Waals surface area contributed by atoms with Crippen molar-refractivity contribution in [2.45, 2.75) is 46.0 Å². The first-order valence-electron chi connectivity index (χ1n) is 7.66. The molecule has 4 nitrogen and oxygen atoms in total. The molecule has 4 heteroatoms. The zero-order chi connectivity index (χ0) is 15.2. The van der Waals surface area contributed by atoms with Gasteiger partial charge in [-0.25, -0.2) is 5.43 Å².